The summed E-state index contributed by atoms with van der Waals surface area (Å²) in [5, 5.41) is 7.39. The van der Waals surface area contributed by atoms with Gasteiger partial charge in [0.2, 0.25) is 0 Å². The van der Waals surface area contributed by atoms with Crippen LogP contribution in [-0.2, 0) is 6.54 Å². The van der Waals surface area contributed by atoms with Crippen molar-refractivity contribution in [2.75, 3.05) is 37.6 Å². The van der Waals surface area contributed by atoms with Gasteiger partial charge in [0.1, 0.15) is 0 Å². The number of nitrogens with one attached hydrogen (secondary N) is 2. The molecule has 2 N–H and O–H groups in total. The summed E-state index contributed by atoms with van der Waals surface area (Å²) in [6.07, 6.45) is 4.46. The number of nitrogens with zero attached hydrogens (tertiary/aromatic N) is 2. The van der Waals surface area contributed by atoms with E-state index in [-0.39, 0.29) is 12.1 Å². The van der Waals surface area contributed by atoms with Gasteiger partial charge in [-0.25, -0.2) is 4.79 Å². The van der Waals surface area contributed by atoms with Crippen molar-refractivity contribution in [3.8, 4) is 0 Å². The van der Waals surface area contributed by atoms with E-state index in [1.807, 2.05) is 48.5 Å². The Bertz CT molecular complexity index is 879. The summed E-state index contributed by atoms with van der Waals surface area (Å²) in [4.78, 5) is 17.1. The molecule has 2 amide bonds. The Morgan fingerprint density at radius 3 is 2.34 bits per heavy atom. The van der Waals surface area contributed by atoms with Gasteiger partial charge >= 0.3 is 6.03 Å². The maximum atomic E-state index is 12.2. The molecule has 1 aliphatic carbocycles. The molecule has 0 bridgehead atoms. The molecule has 5 nitrogen and oxygen atoms in total. The Kier molecular flexibility index (Phi) is 8.17. The van der Waals surface area contributed by atoms with Crippen LogP contribution in [0.5, 0.6) is 0 Å². The second-order valence-electron chi connectivity index (χ2n) is 8.89. The maximum Gasteiger partial charge on any atom is 0.315 e. The Morgan fingerprint density at radius 1 is 0.906 bits per heavy atom. The van der Waals surface area contributed by atoms with Gasteiger partial charge in [0.25, 0.3) is 0 Å². The summed E-state index contributed by atoms with van der Waals surface area (Å²) in [7, 11) is 0. The molecule has 2 aliphatic rings. The van der Waals surface area contributed by atoms with Gasteiger partial charge in [-0.15, -0.1) is 0 Å². The Balaban J connectivity index is 1.14. The SMILES string of the molecule is O=C(NCc1ccccc1)N[C@H]1CC[C@@H](CN2CCN(c3cccc(Cl)c3Cl)CC2)CC1. The van der Waals surface area contributed by atoms with E-state index in [9.17, 15) is 4.79 Å². The number of urea groups is 1. The van der Waals surface area contributed by atoms with Crippen molar-refractivity contribution in [1.29, 1.82) is 0 Å². The van der Waals surface area contributed by atoms with Gasteiger partial charge in [0, 0.05) is 45.3 Å². The zero-order valence-corrected chi connectivity index (χ0v) is 19.9. The monoisotopic (exact) mass is 474 g/mol. The normalized spacial score (nSPS) is 21.9. The molecule has 1 aliphatic heterocycles. The highest BCUT2D eigenvalue weighted by molar-refractivity contribution is 6.43. The van der Waals surface area contributed by atoms with Crippen LogP contribution in [0.4, 0.5) is 10.5 Å². The number of hydrogen-bond acceptors (Lipinski definition) is 3. The molecule has 2 aromatic rings. The van der Waals surface area contributed by atoms with E-state index in [1.54, 1.807) is 0 Å². The van der Waals surface area contributed by atoms with E-state index in [1.165, 1.54) is 12.8 Å². The van der Waals surface area contributed by atoms with Crippen molar-refractivity contribution >= 4 is 34.9 Å². The summed E-state index contributed by atoms with van der Waals surface area (Å²) in [6, 6.07) is 16.1. The molecule has 0 atom stereocenters. The van der Waals surface area contributed by atoms with Gasteiger partial charge in [-0.2, -0.15) is 0 Å². The van der Waals surface area contributed by atoms with E-state index < -0.39 is 0 Å². The number of benzene rings is 2. The van der Waals surface area contributed by atoms with Gasteiger partial charge in [-0.05, 0) is 49.3 Å². The van der Waals surface area contributed by atoms with Crippen LogP contribution < -0.4 is 15.5 Å². The van der Waals surface area contributed by atoms with Crippen LogP contribution in [0.25, 0.3) is 0 Å². The molecule has 0 radical (unpaired) electrons. The van der Waals surface area contributed by atoms with Crippen LogP contribution in [0, 0.1) is 5.92 Å². The highest BCUT2D eigenvalue weighted by atomic mass is 35.5. The van der Waals surface area contributed by atoms with E-state index >= 15 is 0 Å². The summed E-state index contributed by atoms with van der Waals surface area (Å²) in [6.45, 7) is 5.74. The van der Waals surface area contributed by atoms with E-state index in [4.69, 9.17) is 23.2 Å². The molecule has 0 unspecified atom stereocenters. The minimum absolute atomic E-state index is 0.0619. The van der Waals surface area contributed by atoms with Gasteiger partial charge < -0.3 is 15.5 Å². The highest BCUT2D eigenvalue weighted by Crippen LogP contribution is 2.33. The summed E-state index contributed by atoms with van der Waals surface area (Å²) < 4.78 is 0. The van der Waals surface area contributed by atoms with Crippen molar-refractivity contribution in [2.45, 2.75) is 38.3 Å². The molecule has 0 spiro atoms. The zero-order valence-electron chi connectivity index (χ0n) is 18.4. The summed E-state index contributed by atoms with van der Waals surface area (Å²) in [5.74, 6) is 0.710. The van der Waals surface area contributed by atoms with Gasteiger partial charge in [-0.1, -0.05) is 59.6 Å². The first-order valence-electron chi connectivity index (χ1n) is 11.6. The number of carbonyl (C=O) groups is 1. The lowest BCUT2D eigenvalue weighted by Crippen LogP contribution is -2.49. The number of hydrogen-bond donors (Lipinski definition) is 2. The van der Waals surface area contributed by atoms with Crippen LogP contribution in [0.2, 0.25) is 10.0 Å². The maximum absolute atomic E-state index is 12.2. The molecule has 172 valence electrons. The average molecular weight is 475 g/mol. The number of amides is 2. The predicted octanol–water partition coefficient (Wildman–Crippen LogP) is 5.17. The van der Waals surface area contributed by atoms with Gasteiger partial charge in [0.05, 0.1) is 15.7 Å². The molecular formula is C25H32Cl2N4O. The smallest absolute Gasteiger partial charge is 0.315 e. The first-order valence-corrected chi connectivity index (χ1v) is 12.3. The number of rotatable bonds is 6. The van der Waals surface area contributed by atoms with Crippen molar-refractivity contribution in [2.24, 2.45) is 5.92 Å². The second-order valence-corrected chi connectivity index (χ2v) is 9.68. The molecule has 1 saturated carbocycles. The number of piperazine rings is 1. The van der Waals surface area contributed by atoms with Crippen molar-refractivity contribution < 1.29 is 4.79 Å². The molecule has 1 saturated heterocycles. The van der Waals surface area contributed by atoms with Gasteiger partial charge in [0.15, 0.2) is 0 Å². The van der Waals surface area contributed by atoms with E-state index in [0.29, 0.717) is 22.5 Å². The average Bonchev–Trinajstić information content (AvgIpc) is 2.82. The van der Waals surface area contributed by atoms with Crippen molar-refractivity contribution in [3.63, 3.8) is 0 Å². The van der Waals surface area contributed by atoms with Crippen LogP contribution in [-0.4, -0.2) is 49.7 Å². The highest BCUT2D eigenvalue weighted by Gasteiger charge is 2.26. The lowest BCUT2D eigenvalue weighted by Gasteiger charge is -2.39. The van der Waals surface area contributed by atoms with Crippen molar-refractivity contribution in [1.82, 2.24) is 15.5 Å². The fraction of sp³-hybridized carbons (Fsp3) is 0.480. The molecule has 7 heteroatoms. The molecule has 2 fully saturated rings. The topological polar surface area (TPSA) is 47.6 Å². The number of halogens is 2. The van der Waals surface area contributed by atoms with Crippen LogP contribution in [0.3, 0.4) is 0 Å². The summed E-state index contributed by atoms with van der Waals surface area (Å²) >= 11 is 12.6. The van der Waals surface area contributed by atoms with E-state index in [2.05, 4.69) is 20.4 Å². The third kappa shape index (κ3) is 6.31. The van der Waals surface area contributed by atoms with E-state index in [0.717, 1.165) is 56.8 Å². The Hall–Kier alpha value is -1.95. The molecule has 32 heavy (non-hydrogen) atoms. The first-order chi connectivity index (χ1) is 15.6. The van der Waals surface area contributed by atoms with Crippen LogP contribution in [0.1, 0.15) is 31.2 Å². The van der Waals surface area contributed by atoms with Crippen LogP contribution >= 0.6 is 23.2 Å². The Morgan fingerprint density at radius 2 is 1.62 bits per heavy atom. The number of anilines is 1. The molecule has 2 aromatic carbocycles. The summed E-state index contributed by atoms with van der Waals surface area (Å²) in [5.41, 5.74) is 2.15. The number of carbonyl (C=O) groups excluding carboxylic acids is 1. The minimum atomic E-state index is -0.0619. The lowest BCUT2D eigenvalue weighted by molar-refractivity contribution is 0.179. The molecular weight excluding hydrogens is 443 g/mol. The van der Waals surface area contributed by atoms with Crippen LogP contribution in [0.15, 0.2) is 48.5 Å². The first kappa shape index (κ1) is 23.2. The second kappa shape index (κ2) is 11.3. The minimum Gasteiger partial charge on any atom is -0.368 e. The van der Waals surface area contributed by atoms with Crippen molar-refractivity contribution in [3.05, 3.63) is 64.1 Å². The Labute approximate surface area is 201 Å². The third-order valence-electron chi connectivity index (χ3n) is 6.64. The fourth-order valence-electron chi connectivity index (χ4n) is 4.78. The third-order valence-corrected chi connectivity index (χ3v) is 7.45. The standard InChI is InChI=1S/C25H32Cl2N4O/c26-22-7-4-8-23(24(22)27)31-15-13-30(14-16-31)18-20-9-11-21(12-10-20)29-25(32)28-17-19-5-2-1-3-6-19/h1-8,20-21H,9-18H2,(H2,28,29,32)/t20-,21+. The molecule has 4 rings (SSSR count). The predicted molar refractivity (Wildman–Crippen MR) is 133 cm³/mol. The quantitative estimate of drug-likeness (QED) is 0.606. The molecule has 1 heterocycles. The molecule has 0 aromatic heterocycles. The largest absolute Gasteiger partial charge is 0.368 e. The lowest BCUT2D eigenvalue weighted by atomic mass is 9.85. The van der Waals surface area contributed by atoms with Gasteiger partial charge in [-0.3, -0.25) is 4.90 Å². The zero-order chi connectivity index (χ0) is 22.3. The fourth-order valence-corrected chi connectivity index (χ4v) is 5.19.